The Morgan fingerprint density at radius 1 is 0.963 bits per heavy atom. The van der Waals surface area contributed by atoms with Crippen LogP contribution in [0.15, 0.2) is 0 Å². The number of carboxylic acid groups (broad SMARTS) is 1. The summed E-state index contributed by atoms with van der Waals surface area (Å²) in [6.07, 6.45) is 8.56. The number of rotatable bonds is 4. The lowest BCUT2D eigenvalue weighted by atomic mass is 9.58. The summed E-state index contributed by atoms with van der Waals surface area (Å²) < 4.78 is 0. The quantitative estimate of drug-likeness (QED) is 0.686. The van der Waals surface area contributed by atoms with Crippen molar-refractivity contribution < 1.29 is 19.5 Å². The molecule has 0 aliphatic heterocycles. The first-order valence-electron chi connectivity index (χ1n) is 9.95. The number of carbonyl (C=O) groups excluding carboxylic acids is 2. The van der Waals surface area contributed by atoms with Gasteiger partial charge in [-0.15, -0.1) is 11.3 Å². The van der Waals surface area contributed by atoms with E-state index >= 15 is 0 Å². The highest BCUT2D eigenvalue weighted by atomic mass is 32.1. The van der Waals surface area contributed by atoms with Crippen molar-refractivity contribution in [3.8, 4) is 0 Å². The molecule has 2 amide bonds. The van der Waals surface area contributed by atoms with Crippen LogP contribution in [-0.4, -0.2) is 22.9 Å². The van der Waals surface area contributed by atoms with Gasteiger partial charge in [-0.05, 0) is 68.8 Å². The number of amides is 2. The summed E-state index contributed by atoms with van der Waals surface area (Å²) >= 11 is 1.45. The first-order valence-corrected chi connectivity index (χ1v) is 10.8. The number of carboxylic acids is 1. The minimum Gasteiger partial charge on any atom is -0.481 e. The number of aliphatic carboxylic acids is 1. The Balaban J connectivity index is 1.63. The van der Waals surface area contributed by atoms with E-state index in [9.17, 15) is 19.5 Å². The van der Waals surface area contributed by atoms with Crippen LogP contribution in [0.5, 0.6) is 0 Å². The van der Waals surface area contributed by atoms with Gasteiger partial charge in [0.2, 0.25) is 5.91 Å². The lowest BCUT2D eigenvalue weighted by Gasteiger charge is -2.45. The van der Waals surface area contributed by atoms with Crippen molar-refractivity contribution in [1.82, 2.24) is 0 Å². The van der Waals surface area contributed by atoms with Gasteiger partial charge in [-0.1, -0.05) is 6.42 Å². The largest absolute Gasteiger partial charge is 0.481 e. The van der Waals surface area contributed by atoms with Crippen LogP contribution in [0, 0.1) is 23.7 Å². The standard InChI is InChI=1S/C20H26N2O4S/c21-17(23)16-12-4-2-1-3-5-13(12)27-19(16)22-18(24)14-10-6-8-11(9-7-10)15(14)20(25)26/h10-11,14-15H,1-9H2,(H2,21,23)(H,22,24)(H,25,26)/t10?,11?,14-,15-/m0/s1. The monoisotopic (exact) mass is 390 g/mol. The molecule has 1 heterocycles. The summed E-state index contributed by atoms with van der Waals surface area (Å²) in [5.41, 5.74) is 7.08. The van der Waals surface area contributed by atoms with Gasteiger partial charge in [-0.2, -0.15) is 0 Å². The molecule has 3 fully saturated rings. The van der Waals surface area contributed by atoms with E-state index in [1.165, 1.54) is 11.3 Å². The number of aryl methyl sites for hydroxylation is 1. The molecule has 2 atom stereocenters. The zero-order chi connectivity index (χ0) is 19.1. The number of nitrogens with two attached hydrogens (primary N) is 1. The van der Waals surface area contributed by atoms with Gasteiger partial charge in [-0.3, -0.25) is 14.4 Å². The number of anilines is 1. The van der Waals surface area contributed by atoms with Gasteiger partial charge in [0.05, 0.1) is 17.4 Å². The predicted octanol–water partition coefficient (Wildman–Crippen LogP) is 3.19. The van der Waals surface area contributed by atoms with Crippen molar-refractivity contribution in [2.75, 3.05) is 5.32 Å². The molecule has 4 aliphatic rings. The van der Waals surface area contributed by atoms with E-state index < -0.39 is 23.7 Å². The van der Waals surface area contributed by atoms with Crippen molar-refractivity contribution in [2.45, 2.75) is 57.8 Å². The molecule has 7 heteroatoms. The van der Waals surface area contributed by atoms with Gasteiger partial charge in [0.25, 0.3) is 5.91 Å². The maximum absolute atomic E-state index is 13.1. The van der Waals surface area contributed by atoms with E-state index in [1.807, 2.05) is 0 Å². The van der Waals surface area contributed by atoms with E-state index in [2.05, 4.69) is 5.32 Å². The van der Waals surface area contributed by atoms with Crippen LogP contribution in [0.4, 0.5) is 5.00 Å². The van der Waals surface area contributed by atoms with Crippen LogP contribution < -0.4 is 11.1 Å². The Kier molecular flexibility index (Phi) is 4.97. The van der Waals surface area contributed by atoms with Crippen molar-refractivity contribution >= 4 is 34.1 Å². The summed E-state index contributed by atoms with van der Waals surface area (Å²) in [5.74, 6) is -2.57. The lowest BCUT2D eigenvalue weighted by Crippen LogP contribution is -2.49. The van der Waals surface area contributed by atoms with E-state index in [4.69, 9.17) is 5.73 Å². The van der Waals surface area contributed by atoms with Gasteiger partial charge in [-0.25, -0.2) is 0 Å². The fourth-order valence-corrected chi connectivity index (χ4v) is 6.77. The molecule has 5 rings (SSSR count). The minimum absolute atomic E-state index is 0.0823. The van der Waals surface area contributed by atoms with Crippen LogP contribution in [0.1, 0.15) is 65.7 Å². The SMILES string of the molecule is NC(=O)c1c(NC(=O)[C@H]2C3CCC(CC3)[C@@H]2C(=O)O)sc2c1CCCCC2. The molecule has 4 aliphatic carbocycles. The first-order chi connectivity index (χ1) is 13.0. The number of hydrogen-bond donors (Lipinski definition) is 3. The van der Waals surface area contributed by atoms with Crippen molar-refractivity contribution in [1.29, 1.82) is 0 Å². The maximum Gasteiger partial charge on any atom is 0.307 e. The van der Waals surface area contributed by atoms with E-state index in [0.29, 0.717) is 10.6 Å². The highest BCUT2D eigenvalue weighted by molar-refractivity contribution is 7.17. The molecule has 2 bridgehead atoms. The third kappa shape index (κ3) is 3.26. The van der Waals surface area contributed by atoms with Gasteiger partial charge in [0.15, 0.2) is 0 Å². The maximum atomic E-state index is 13.1. The molecule has 6 nitrogen and oxygen atoms in total. The number of fused-ring (bicyclic) bond motifs is 4. The Morgan fingerprint density at radius 3 is 2.22 bits per heavy atom. The summed E-state index contributed by atoms with van der Waals surface area (Å²) in [4.78, 5) is 38.2. The summed E-state index contributed by atoms with van der Waals surface area (Å²) in [6, 6.07) is 0. The molecule has 0 aromatic carbocycles. The predicted molar refractivity (Wildman–Crippen MR) is 103 cm³/mol. The van der Waals surface area contributed by atoms with Gasteiger partial charge < -0.3 is 16.2 Å². The Bertz CT molecular complexity index is 779. The third-order valence-corrected chi connectivity index (χ3v) is 7.92. The summed E-state index contributed by atoms with van der Waals surface area (Å²) in [5, 5.41) is 13.1. The third-order valence-electron chi connectivity index (χ3n) is 6.71. The fraction of sp³-hybridized carbons (Fsp3) is 0.650. The molecule has 1 aromatic heterocycles. The zero-order valence-corrected chi connectivity index (χ0v) is 16.1. The molecular formula is C20H26N2O4S. The number of thiophene rings is 1. The molecule has 0 unspecified atom stereocenters. The number of carbonyl (C=O) groups is 3. The van der Waals surface area contributed by atoms with Gasteiger partial charge >= 0.3 is 5.97 Å². The van der Waals surface area contributed by atoms with E-state index in [0.717, 1.165) is 68.2 Å². The second-order valence-corrected chi connectivity index (χ2v) is 9.29. The normalized spacial score (nSPS) is 29.6. The van der Waals surface area contributed by atoms with Crippen LogP contribution in [0.25, 0.3) is 0 Å². The first kappa shape index (κ1) is 18.5. The average molecular weight is 391 g/mol. The highest BCUT2D eigenvalue weighted by Gasteiger charge is 2.50. The van der Waals surface area contributed by atoms with Crippen molar-refractivity contribution in [3.63, 3.8) is 0 Å². The highest BCUT2D eigenvalue weighted by Crippen LogP contribution is 2.49. The molecule has 146 valence electrons. The molecule has 0 spiro atoms. The number of hydrogen-bond acceptors (Lipinski definition) is 4. The number of nitrogens with one attached hydrogen (secondary N) is 1. The lowest BCUT2D eigenvalue weighted by molar-refractivity contribution is -0.156. The van der Waals surface area contributed by atoms with Gasteiger partial charge in [0, 0.05) is 4.88 Å². The minimum atomic E-state index is -0.873. The van der Waals surface area contributed by atoms with E-state index in [1.54, 1.807) is 0 Å². The van der Waals surface area contributed by atoms with Crippen LogP contribution in [-0.2, 0) is 22.4 Å². The van der Waals surface area contributed by atoms with Crippen LogP contribution in [0.2, 0.25) is 0 Å². The Hall–Kier alpha value is -1.89. The molecule has 1 aromatic rings. The fourth-order valence-electron chi connectivity index (χ4n) is 5.47. The molecule has 0 saturated heterocycles. The molecule has 0 radical (unpaired) electrons. The average Bonchev–Trinajstić information content (AvgIpc) is 2.82. The smallest absolute Gasteiger partial charge is 0.307 e. The van der Waals surface area contributed by atoms with Crippen LogP contribution in [0.3, 0.4) is 0 Å². The second kappa shape index (κ2) is 7.26. The molecular weight excluding hydrogens is 364 g/mol. The summed E-state index contributed by atoms with van der Waals surface area (Å²) in [7, 11) is 0. The van der Waals surface area contributed by atoms with Crippen LogP contribution >= 0.6 is 11.3 Å². The molecule has 4 N–H and O–H groups in total. The van der Waals surface area contributed by atoms with Gasteiger partial charge in [0.1, 0.15) is 5.00 Å². The van der Waals surface area contributed by atoms with Crippen molar-refractivity contribution in [2.24, 2.45) is 29.4 Å². The summed E-state index contributed by atoms with van der Waals surface area (Å²) in [6.45, 7) is 0. The second-order valence-electron chi connectivity index (χ2n) is 8.19. The molecule has 3 saturated carbocycles. The van der Waals surface area contributed by atoms with E-state index in [-0.39, 0.29) is 17.7 Å². The zero-order valence-electron chi connectivity index (χ0n) is 15.3. The number of primary amides is 1. The molecule has 27 heavy (non-hydrogen) atoms. The van der Waals surface area contributed by atoms with Crippen molar-refractivity contribution in [3.05, 3.63) is 16.0 Å². The Morgan fingerprint density at radius 2 is 1.59 bits per heavy atom. The topological polar surface area (TPSA) is 109 Å². The Labute approximate surface area is 162 Å².